The molecule has 2 fully saturated rings. The Hall–Kier alpha value is -6.48. The second kappa shape index (κ2) is 16.8. The highest BCUT2D eigenvalue weighted by Crippen LogP contribution is 2.34. The number of para-hydroxylation sites is 4. The van der Waals surface area contributed by atoms with Crippen LogP contribution in [-0.4, -0.2) is 84.8 Å². The van der Waals surface area contributed by atoms with Crippen molar-refractivity contribution < 1.29 is 22.8 Å². The zero-order chi connectivity index (χ0) is 41.1. The molecule has 2 atom stereocenters. The monoisotopic (exact) mass is 815 g/mol. The fraction of sp³-hybridized carbons (Fsp3) is 0.250. The number of aryl methyl sites for hydroxylation is 2. The number of hydrogen-bond acceptors (Lipinski definition) is 10. The Balaban J connectivity index is 0.000000164. The van der Waals surface area contributed by atoms with Crippen LogP contribution >= 0.6 is 11.3 Å². The SMILES string of the molecule is Cc1ccc(C(F)(F)F)c(C(=O)N2CC[C@@H](Nc3cnc4ccccc4n3)C2)c1.Cc1nc(C(=O)N2CC[C@@H](Nc3cnc4ccccc4n3)C2)c(-c2ccccc2)s1. The number of rotatable bonds is 7. The van der Waals surface area contributed by atoms with Gasteiger partial charge in [-0.15, -0.1) is 11.3 Å². The van der Waals surface area contributed by atoms with Crippen LogP contribution in [0.4, 0.5) is 24.8 Å². The first-order valence-electron chi connectivity index (χ1n) is 19.2. The van der Waals surface area contributed by atoms with Gasteiger partial charge >= 0.3 is 6.18 Å². The van der Waals surface area contributed by atoms with Gasteiger partial charge in [-0.1, -0.05) is 66.2 Å². The van der Waals surface area contributed by atoms with Gasteiger partial charge in [0.15, 0.2) is 0 Å². The molecule has 0 bridgehead atoms. The van der Waals surface area contributed by atoms with Crippen molar-refractivity contribution in [2.24, 2.45) is 0 Å². The Morgan fingerprint density at radius 2 is 1.20 bits per heavy atom. The van der Waals surface area contributed by atoms with Crippen LogP contribution in [0.15, 0.2) is 109 Å². The number of likely N-dealkylation sites (tertiary alicyclic amines) is 2. The molecule has 11 nitrogen and oxygen atoms in total. The van der Waals surface area contributed by atoms with Crippen molar-refractivity contribution in [3.63, 3.8) is 0 Å². The van der Waals surface area contributed by atoms with Gasteiger partial charge in [0.05, 0.1) is 55.5 Å². The van der Waals surface area contributed by atoms with E-state index in [0.717, 1.165) is 55.8 Å². The molecule has 3 aromatic heterocycles. The summed E-state index contributed by atoms with van der Waals surface area (Å²) >= 11 is 1.57. The summed E-state index contributed by atoms with van der Waals surface area (Å²) in [5.41, 5.74) is 4.26. The van der Waals surface area contributed by atoms with E-state index in [1.807, 2.05) is 90.7 Å². The number of anilines is 2. The largest absolute Gasteiger partial charge is 0.417 e. The third-order valence-electron chi connectivity index (χ3n) is 10.2. The molecule has 7 aromatic rings. The number of amides is 2. The normalized spacial score (nSPS) is 16.6. The lowest BCUT2D eigenvalue weighted by Gasteiger charge is -2.20. The molecule has 4 aromatic carbocycles. The van der Waals surface area contributed by atoms with Crippen molar-refractivity contribution in [1.29, 1.82) is 0 Å². The first kappa shape index (κ1) is 39.4. The smallest absolute Gasteiger partial charge is 0.364 e. The van der Waals surface area contributed by atoms with Gasteiger partial charge in [-0.05, 0) is 68.7 Å². The second-order valence-corrected chi connectivity index (χ2v) is 15.8. The van der Waals surface area contributed by atoms with E-state index in [9.17, 15) is 22.8 Å². The third kappa shape index (κ3) is 8.99. The number of nitrogens with one attached hydrogen (secondary N) is 2. The van der Waals surface area contributed by atoms with Gasteiger partial charge in [-0.25, -0.2) is 15.0 Å². The number of benzene rings is 4. The minimum absolute atomic E-state index is 0.00732. The van der Waals surface area contributed by atoms with Crippen molar-refractivity contribution in [2.75, 3.05) is 36.8 Å². The fourth-order valence-corrected chi connectivity index (χ4v) is 8.27. The van der Waals surface area contributed by atoms with E-state index in [2.05, 4.69) is 35.6 Å². The van der Waals surface area contributed by atoms with Crippen molar-refractivity contribution in [2.45, 2.75) is 44.9 Å². The molecule has 2 aliphatic rings. The van der Waals surface area contributed by atoms with E-state index in [4.69, 9.17) is 0 Å². The fourth-order valence-electron chi connectivity index (χ4n) is 7.36. The Bertz CT molecular complexity index is 2640. The maximum Gasteiger partial charge on any atom is 0.417 e. The number of alkyl halides is 3. The van der Waals surface area contributed by atoms with E-state index in [1.54, 1.807) is 30.7 Å². The summed E-state index contributed by atoms with van der Waals surface area (Å²) in [6.07, 6.45) is 0.285. The van der Waals surface area contributed by atoms with Gasteiger partial charge < -0.3 is 20.4 Å². The summed E-state index contributed by atoms with van der Waals surface area (Å²) in [5, 5.41) is 7.57. The zero-order valence-corrected chi connectivity index (χ0v) is 33.1. The third-order valence-corrected chi connectivity index (χ3v) is 11.3. The van der Waals surface area contributed by atoms with Gasteiger partial charge in [-0.2, -0.15) is 13.2 Å². The molecule has 0 spiro atoms. The number of thiazole rings is 1. The van der Waals surface area contributed by atoms with Crippen LogP contribution in [0, 0.1) is 13.8 Å². The topological polar surface area (TPSA) is 129 Å². The van der Waals surface area contributed by atoms with Crippen LogP contribution in [0.3, 0.4) is 0 Å². The molecular weight excluding hydrogens is 776 g/mol. The van der Waals surface area contributed by atoms with Crippen molar-refractivity contribution >= 4 is 56.9 Å². The van der Waals surface area contributed by atoms with Crippen LogP contribution < -0.4 is 10.6 Å². The molecule has 15 heteroatoms. The molecule has 2 aliphatic heterocycles. The second-order valence-electron chi connectivity index (χ2n) is 14.6. The summed E-state index contributed by atoms with van der Waals surface area (Å²) in [7, 11) is 0. The van der Waals surface area contributed by atoms with Gasteiger partial charge in [-0.3, -0.25) is 19.6 Å². The molecule has 59 heavy (non-hydrogen) atoms. The Kier molecular flexibility index (Phi) is 11.2. The van der Waals surface area contributed by atoms with Gasteiger partial charge in [0.1, 0.15) is 17.3 Å². The summed E-state index contributed by atoms with van der Waals surface area (Å²) in [4.78, 5) is 52.8. The average Bonchev–Trinajstić information content (AvgIpc) is 4.01. The molecule has 2 N–H and O–H groups in total. The van der Waals surface area contributed by atoms with Crippen LogP contribution in [0.1, 0.15) is 49.8 Å². The van der Waals surface area contributed by atoms with Crippen molar-refractivity contribution in [3.05, 3.63) is 137 Å². The molecule has 0 unspecified atom stereocenters. The Morgan fingerprint density at radius 3 is 1.76 bits per heavy atom. The predicted octanol–water partition coefficient (Wildman–Crippen LogP) is 8.67. The molecule has 9 rings (SSSR count). The number of hydrogen-bond donors (Lipinski definition) is 2. The van der Waals surface area contributed by atoms with Crippen LogP contribution in [-0.2, 0) is 6.18 Å². The Morgan fingerprint density at radius 1 is 0.678 bits per heavy atom. The maximum atomic E-state index is 13.3. The van der Waals surface area contributed by atoms with Crippen LogP contribution in [0.2, 0.25) is 0 Å². The number of carbonyl (C=O) groups is 2. The number of fused-ring (bicyclic) bond motifs is 2. The highest BCUT2D eigenvalue weighted by molar-refractivity contribution is 7.15. The number of carbonyl (C=O) groups excluding carboxylic acids is 2. The van der Waals surface area contributed by atoms with Crippen molar-refractivity contribution in [3.8, 4) is 10.4 Å². The first-order valence-corrected chi connectivity index (χ1v) is 20.1. The summed E-state index contributed by atoms with van der Waals surface area (Å²) < 4.78 is 40.0. The lowest BCUT2D eigenvalue weighted by molar-refractivity contribution is -0.138. The highest BCUT2D eigenvalue weighted by atomic mass is 32.1. The van der Waals surface area contributed by atoms with E-state index in [-0.39, 0.29) is 23.6 Å². The van der Waals surface area contributed by atoms with E-state index in [1.165, 1.54) is 17.0 Å². The van der Waals surface area contributed by atoms with E-state index in [0.29, 0.717) is 49.7 Å². The lowest BCUT2D eigenvalue weighted by atomic mass is 10.0. The quantitative estimate of drug-likeness (QED) is 0.162. The lowest BCUT2D eigenvalue weighted by Crippen LogP contribution is -2.33. The molecule has 300 valence electrons. The Labute approximate surface area is 342 Å². The predicted molar refractivity (Wildman–Crippen MR) is 223 cm³/mol. The molecule has 0 saturated carbocycles. The number of aromatic nitrogens is 5. The molecule has 2 amide bonds. The highest BCUT2D eigenvalue weighted by Gasteiger charge is 2.38. The van der Waals surface area contributed by atoms with Gasteiger partial charge in [0.2, 0.25) is 0 Å². The minimum atomic E-state index is -4.57. The molecule has 5 heterocycles. The first-order chi connectivity index (χ1) is 28.5. The van der Waals surface area contributed by atoms with Gasteiger partial charge in [0, 0.05) is 38.3 Å². The van der Waals surface area contributed by atoms with Crippen LogP contribution in [0.5, 0.6) is 0 Å². The summed E-state index contributed by atoms with van der Waals surface area (Å²) in [6, 6.07) is 29.0. The van der Waals surface area contributed by atoms with E-state index < -0.39 is 17.6 Å². The molecule has 0 aliphatic carbocycles. The molecule has 2 saturated heterocycles. The van der Waals surface area contributed by atoms with E-state index >= 15 is 0 Å². The van der Waals surface area contributed by atoms with Crippen molar-refractivity contribution in [1.82, 2.24) is 34.7 Å². The minimum Gasteiger partial charge on any atom is -0.364 e. The molecule has 0 radical (unpaired) electrons. The zero-order valence-electron chi connectivity index (χ0n) is 32.3. The number of halogens is 3. The maximum absolute atomic E-state index is 13.3. The standard InChI is InChI=1S/C23H21N5OS.C21H19F3N4O/c1-15-25-21(22(30-15)16-7-3-2-4-8-16)23(29)28-12-11-17(14-28)26-20-13-24-18-9-5-6-10-19(18)27-20;1-13-6-7-16(21(22,23)24)15(10-13)20(29)28-9-8-14(12-28)26-19-11-25-17-4-2-3-5-18(17)27-19/h2-10,13,17H,11-12,14H2,1H3,(H,26,27);2-7,10-11,14H,8-9,12H2,1H3,(H,26,27)/t17-;14-/m11/s1. The summed E-state index contributed by atoms with van der Waals surface area (Å²) in [6.45, 7) is 5.62. The molecular formula is C44H40F3N9O2S. The van der Waals surface area contributed by atoms with Gasteiger partial charge in [0.25, 0.3) is 11.8 Å². The average molecular weight is 816 g/mol. The van der Waals surface area contributed by atoms with Crippen LogP contribution in [0.25, 0.3) is 32.5 Å². The summed E-state index contributed by atoms with van der Waals surface area (Å²) in [5.74, 6) is 0.707. The number of nitrogens with zero attached hydrogens (tertiary/aromatic N) is 7.